The van der Waals surface area contributed by atoms with E-state index in [1.165, 1.54) is 32.1 Å². The van der Waals surface area contributed by atoms with E-state index in [1.807, 2.05) is 0 Å². The SMILES string of the molecule is CCC1CCC(CNC(=O)CC2CCS(=O)(=O)C2)CC1. The first kappa shape index (κ1) is 15.8. The zero-order valence-corrected chi connectivity index (χ0v) is 13.3. The second-order valence-electron chi connectivity index (χ2n) is 6.57. The van der Waals surface area contributed by atoms with Crippen LogP contribution in [0.25, 0.3) is 0 Å². The summed E-state index contributed by atoms with van der Waals surface area (Å²) in [6.45, 7) is 3.02. The summed E-state index contributed by atoms with van der Waals surface area (Å²) in [5, 5.41) is 3.01. The fraction of sp³-hybridized carbons (Fsp3) is 0.933. The molecule has 0 bridgehead atoms. The van der Waals surface area contributed by atoms with Crippen LogP contribution in [0.4, 0.5) is 0 Å². The van der Waals surface area contributed by atoms with Crippen LogP contribution in [0.15, 0.2) is 0 Å². The zero-order valence-electron chi connectivity index (χ0n) is 12.4. The Bertz CT molecular complexity index is 424. The molecule has 1 aliphatic heterocycles. The number of hydrogen-bond acceptors (Lipinski definition) is 3. The highest BCUT2D eigenvalue weighted by atomic mass is 32.2. The minimum Gasteiger partial charge on any atom is -0.356 e. The van der Waals surface area contributed by atoms with Crippen molar-refractivity contribution in [2.45, 2.75) is 51.9 Å². The van der Waals surface area contributed by atoms with Crippen LogP contribution in [0, 0.1) is 17.8 Å². The third-order valence-electron chi connectivity index (χ3n) is 4.93. The normalized spacial score (nSPS) is 33.0. The molecule has 20 heavy (non-hydrogen) atoms. The number of rotatable bonds is 5. The molecule has 5 heteroatoms. The molecule has 0 aromatic heterocycles. The van der Waals surface area contributed by atoms with Crippen LogP contribution >= 0.6 is 0 Å². The van der Waals surface area contributed by atoms with Crippen molar-refractivity contribution in [1.82, 2.24) is 5.32 Å². The van der Waals surface area contributed by atoms with Gasteiger partial charge in [-0.3, -0.25) is 4.79 Å². The van der Waals surface area contributed by atoms with Crippen LogP contribution < -0.4 is 5.32 Å². The second kappa shape index (κ2) is 6.92. The van der Waals surface area contributed by atoms with Gasteiger partial charge < -0.3 is 5.32 Å². The van der Waals surface area contributed by atoms with Crippen LogP contribution in [0.1, 0.15) is 51.9 Å². The Morgan fingerprint density at radius 1 is 1.05 bits per heavy atom. The molecule has 2 rings (SSSR count). The Morgan fingerprint density at radius 3 is 2.25 bits per heavy atom. The highest BCUT2D eigenvalue weighted by Crippen LogP contribution is 2.30. The molecule has 2 aliphatic rings. The maximum absolute atomic E-state index is 11.9. The smallest absolute Gasteiger partial charge is 0.220 e. The molecule has 0 spiro atoms. The molecule has 4 nitrogen and oxygen atoms in total. The Labute approximate surface area is 122 Å². The lowest BCUT2D eigenvalue weighted by molar-refractivity contribution is -0.122. The molecule has 1 aliphatic carbocycles. The van der Waals surface area contributed by atoms with E-state index in [-0.39, 0.29) is 23.3 Å². The molecule has 1 saturated carbocycles. The Balaban J connectivity index is 1.63. The monoisotopic (exact) mass is 301 g/mol. The van der Waals surface area contributed by atoms with Gasteiger partial charge in [0.1, 0.15) is 0 Å². The number of hydrogen-bond donors (Lipinski definition) is 1. The van der Waals surface area contributed by atoms with Crippen LogP contribution in [0.2, 0.25) is 0 Å². The lowest BCUT2D eigenvalue weighted by Crippen LogP contribution is -2.32. The molecule has 2 fully saturated rings. The largest absolute Gasteiger partial charge is 0.356 e. The van der Waals surface area contributed by atoms with Gasteiger partial charge in [-0.05, 0) is 37.0 Å². The van der Waals surface area contributed by atoms with E-state index in [2.05, 4.69) is 12.2 Å². The van der Waals surface area contributed by atoms with Crippen LogP contribution in [-0.2, 0) is 14.6 Å². The van der Waals surface area contributed by atoms with E-state index in [0.29, 0.717) is 18.8 Å². The predicted octanol–water partition coefficient (Wildman–Crippen LogP) is 2.14. The van der Waals surface area contributed by atoms with Gasteiger partial charge in [0.2, 0.25) is 5.91 Å². The van der Waals surface area contributed by atoms with E-state index >= 15 is 0 Å². The molecule has 0 aromatic carbocycles. The van der Waals surface area contributed by atoms with Crippen molar-refractivity contribution in [2.24, 2.45) is 17.8 Å². The fourth-order valence-electron chi connectivity index (χ4n) is 3.47. The van der Waals surface area contributed by atoms with Crippen LogP contribution in [0.3, 0.4) is 0 Å². The standard InChI is InChI=1S/C15H27NO3S/c1-2-12-3-5-13(6-4-12)10-16-15(17)9-14-7-8-20(18,19)11-14/h12-14H,2-11H2,1H3,(H,16,17). The minimum absolute atomic E-state index is 0.0321. The average Bonchev–Trinajstić information content (AvgIpc) is 2.76. The van der Waals surface area contributed by atoms with Gasteiger partial charge in [-0.2, -0.15) is 0 Å². The summed E-state index contributed by atoms with van der Waals surface area (Å²) in [4.78, 5) is 11.9. The van der Waals surface area contributed by atoms with Crippen molar-refractivity contribution >= 4 is 15.7 Å². The van der Waals surface area contributed by atoms with Crippen molar-refractivity contribution in [3.05, 3.63) is 0 Å². The van der Waals surface area contributed by atoms with Crippen molar-refractivity contribution in [3.63, 3.8) is 0 Å². The zero-order chi connectivity index (χ0) is 14.6. The first-order chi connectivity index (χ1) is 9.48. The first-order valence-corrected chi connectivity index (χ1v) is 9.77. The van der Waals surface area contributed by atoms with Gasteiger partial charge in [0.25, 0.3) is 0 Å². The maximum Gasteiger partial charge on any atom is 0.220 e. The molecule has 1 unspecified atom stereocenters. The quantitative estimate of drug-likeness (QED) is 0.846. The van der Waals surface area contributed by atoms with Gasteiger partial charge in [-0.1, -0.05) is 26.2 Å². The molecular formula is C15H27NO3S. The van der Waals surface area contributed by atoms with Gasteiger partial charge >= 0.3 is 0 Å². The van der Waals surface area contributed by atoms with Gasteiger partial charge in [-0.15, -0.1) is 0 Å². The molecule has 0 aromatic rings. The number of carbonyl (C=O) groups is 1. The van der Waals surface area contributed by atoms with E-state index in [4.69, 9.17) is 0 Å². The highest BCUT2D eigenvalue weighted by Gasteiger charge is 2.29. The Morgan fingerprint density at radius 2 is 1.70 bits per heavy atom. The van der Waals surface area contributed by atoms with Gasteiger partial charge in [0.05, 0.1) is 11.5 Å². The lowest BCUT2D eigenvalue weighted by atomic mass is 9.81. The van der Waals surface area contributed by atoms with E-state index < -0.39 is 9.84 Å². The summed E-state index contributed by atoms with van der Waals surface area (Å²) in [6.07, 6.45) is 7.32. The predicted molar refractivity (Wildman–Crippen MR) is 80.1 cm³/mol. The molecule has 116 valence electrons. The van der Waals surface area contributed by atoms with Crippen LogP contribution in [0.5, 0.6) is 0 Å². The molecule has 1 amide bonds. The van der Waals surface area contributed by atoms with Gasteiger partial charge in [0.15, 0.2) is 9.84 Å². The van der Waals surface area contributed by atoms with Crippen molar-refractivity contribution < 1.29 is 13.2 Å². The maximum atomic E-state index is 11.9. The third-order valence-corrected chi connectivity index (χ3v) is 6.77. The van der Waals surface area contributed by atoms with Crippen LogP contribution in [-0.4, -0.2) is 32.4 Å². The lowest BCUT2D eigenvalue weighted by Gasteiger charge is -2.27. The third kappa shape index (κ3) is 4.76. The summed E-state index contributed by atoms with van der Waals surface area (Å²) in [6, 6.07) is 0. The van der Waals surface area contributed by atoms with Gasteiger partial charge in [0, 0.05) is 13.0 Å². The minimum atomic E-state index is -2.87. The second-order valence-corrected chi connectivity index (χ2v) is 8.80. The topological polar surface area (TPSA) is 63.2 Å². The number of sulfone groups is 1. The van der Waals surface area contributed by atoms with Crippen molar-refractivity contribution in [1.29, 1.82) is 0 Å². The number of nitrogens with one attached hydrogen (secondary N) is 1. The summed E-state index contributed by atoms with van der Waals surface area (Å²) in [7, 11) is -2.87. The van der Waals surface area contributed by atoms with Crippen molar-refractivity contribution in [3.8, 4) is 0 Å². The number of carbonyl (C=O) groups excluding carboxylic acids is 1. The molecule has 1 N–H and O–H groups in total. The fourth-order valence-corrected chi connectivity index (χ4v) is 5.33. The summed E-state index contributed by atoms with van der Waals surface area (Å²) in [5.74, 6) is 2.02. The van der Waals surface area contributed by atoms with E-state index in [1.54, 1.807) is 0 Å². The van der Waals surface area contributed by atoms with Crippen molar-refractivity contribution in [2.75, 3.05) is 18.1 Å². The average molecular weight is 301 g/mol. The molecule has 1 saturated heterocycles. The highest BCUT2D eigenvalue weighted by molar-refractivity contribution is 7.91. The molecule has 0 radical (unpaired) electrons. The van der Waals surface area contributed by atoms with E-state index in [9.17, 15) is 13.2 Å². The summed E-state index contributed by atoms with van der Waals surface area (Å²) >= 11 is 0. The molecule has 1 atom stereocenters. The summed E-state index contributed by atoms with van der Waals surface area (Å²) < 4.78 is 22.7. The molecular weight excluding hydrogens is 274 g/mol. The van der Waals surface area contributed by atoms with Gasteiger partial charge in [-0.25, -0.2) is 8.42 Å². The molecule has 1 heterocycles. The van der Waals surface area contributed by atoms with E-state index in [0.717, 1.165) is 12.5 Å². The first-order valence-electron chi connectivity index (χ1n) is 7.95. The number of amides is 1. The summed E-state index contributed by atoms with van der Waals surface area (Å²) in [5.41, 5.74) is 0. The Kier molecular flexibility index (Phi) is 5.47. The Hall–Kier alpha value is -0.580.